The third-order valence-corrected chi connectivity index (χ3v) is 5.61. The van der Waals surface area contributed by atoms with Gasteiger partial charge in [-0.2, -0.15) is 0 Å². The smallest absolute Gasteiger partial charge is 0.231 e. The number of benzene rings is 3. The molecule has 6 heteroatoms. The van der Waals surface area contributed by atoms with Crippen molar-refractivity contribution in [2.75, 3.05) is 28.1 Å². The van der Waals surface area contributed by atoms with Gasteiger partial charge in [0.1, 0.15) is 5.75 Å². The van der Waals surface area contributed by atoms with Crippen molar-refractivity contribution >= 4 is 33.4 Å². The van der Waals surface area contributed by atoms with Crippen LogP contribution in [0.25, 0.3) is 21.9 Å². The van der Waals surface area contributed by atoms with Crippen molar-refractivity contribution in [1.82, 2.24) is 0 Å². The molecule has 0 radical (unpaired) electrons. The Balaban J connectivity index is 1.94. The quantitative estimate of drug-likeness (QED) is 0.516. The van der Waals surface area contributed by atoms with Crippen LogP contribution in [0.5, 0.6) is 28.7 Å². The Morgan fingerprint density at radius 1 is 0.769 bits per heavy atom. The highest BCUT2D eigenvalue weighted by atomic mass is 127. The maximum absolute atomic E-state index is 5.59. The number of rotatable bonds is 4. The van der Waals surface area contributed by atoms with E-state index < -0.39 is 0 Å². The Kier molecular flexibility index (Phi) is 4.44. The van der Waals surface area contributed by atoms with Crippen LogP contribution >= 0.6 is 22.6 Å². The largest absolute Gasteiger partial charge is 0.496 e. The van der Waals surface area contributed by atoms with E-state index in [1.165, 1.54) is 0 Å². The predicted octanol–water partition coefficient (Wildman–Crippen LogP) is 4.87. The summed E-state index contributed by atoms with van der Waals surface area (Å²) in [4.78, 5) is 0. The molecule has 0 aliphatic carbocycles. The monoisotopic (exact) mass is 464 g/mol. The molecule has 0 atom stereocenters. The standard InChI is InChI=1S/C20H17IO5/c1-22-15-9-19-18(25-10-26-19)8-14(15)12-5-4-11-6-16(23-2)17(24-3)7-13(11)20(12)21/h4-9H,10H2,1-3H3. The van der Waals surface area contributed by atoms with Gasteiger partial charge in [0, 0.05) is 15.2 Å². The fraction of sp³-hybridized carbons (Fsp3) is 0.200. The van der Waals surface area contributed by atoms with Gasteiger partial charge < -0.3 is 23.7 Å². The summed E-state index contributed by atoms with van der Waals surface area (Å²) in [6, 6.07) is 12.0. The second-order valence-electron chi connectivity index (χ2n) is 5.76. The molecule has 1 heterocycles. The average Bonchev–Trinajstić information content (AvgIpc) is 3.13. The molecule has 3 aromatic carbocycles. The third-order valence-electron chi connectivity index (χ3n) is 4.44. The molecule has 0 amide bonds. The Morgan fingerprint density at radius 3 is 2.12 bits per heavy atom. The van der Waals surface area contributed by atoms with Crippen LogP contribution in [-0.2, 0) is 0 Å². The number of halogens is 1. The first-order valence-electron chi connectivity index (χ1n) is 7.98. The summed E-state index contributed by atoms with van der Waals surface area (Å²) in [6.45, 7) is 0.230. The first kappa shape index (κ1) is 17.1. The topological polar surface area (TPSA) is 46.2 Å². The van der Waals surface area contributed by atoms with Crippen LogP contribution in [0.3, 0.4) is 0 Å². The lowest BCUT2D eigenvalue weighted by atomic mass is 9.99. The van der Waals surface area contributed by atoms with E-state index in [0.29, 0.717) is 17.2 Å². The summed E-state index contributed by atoms with van der Waals surface area (Å²) in [6.07, 6.45) is 0. The molecular weight excluding hydrogens is 447 g/mol. The summed E-state index contributed by atoms with van der Waals surface area (Å²) in [7, 11) is 4.94. The van der Waals surface area contributed by atoms with Crippen LogP contribution in [0.15, 0.2) is 36.4 Å². The van der Waals surface area contributed by atoms with Crippen LogP contribution in [0, 0.1) is 3.57 Å². The molecule has 0 N–H and O–H groups in total. The Labute approximate surface area is 164 Å². The van der Waals surface area contributed by atoms with Crippen LogP contribution in [0.2, 0.25) is 0 Å². The van der Waals surface area contributed by atoms with Gasteiger partial charge in [-0.05, 0) is 57.1 Å². The third kappa shape index (κ3) is 2.68. The molecule has 3 aromatic rings. The van der Waals surface area contributed by atoms with E-state index in [2.05, 4.69) is 34.7 Å². The second-order valence-corrected chi connectivity index (χ2v) is 6.84. The zero-order valence-corrected chi connectivity index (χ0v) is 16.7. The highest BCUT2D eigenvalue weighted by molar-refractivity contribution is 14.1. The molecule has 0 saturated heterocycles. The molecular formula is C20H17IO5. The molecule has 1 aliphatic rings. The minimum absolute atomic E-state index is 0.230. The molecule has 134 valence electrons. The lowest BCUT2D eigenvalue weighted by Crippen LogP contribution is -1.94. The molecule has 0 saturated carbocycles. The SMILES string of the molecule is COc1cc2ccc(-c3cc4c(cc3OC)OCO4)c(I)c2cc1OC. The molecule has 4 rings (SSSR count). The number of hydrogen-bond acceptors (Lipinski definition) is 5. The normalized spacial score (nSPS) is 12.3. The van der Waals surface area contributed by atoms with Crippen molar-refractivity contribution in [3.63, 3.8) is 0 Å². The van der Waals surface area contributed by atoms with E-state index in [4.69, 9.17) is 23.7 Å². The van der Waals surface area contributed by atoms with Crippen molar-refractivity contribution in [2.45, 2.75) is 0 Å². The lowest BCUT2D eigenvalue weighted by molar-refractivity contribution is 0.174. The fourth-order valence-electron chi connectivity index (χ4n) is 3.12. The van der Waals surface area contributed by atoms with Crippen molar-refractivity contribution in [3.8, 4) is 39.9 Å². The van der Waals surface area contributed by atoms with Gasteiger partial charge in [-0.3, -0.25) is 0 Å². The van der Waals surface area contributed by atoms with E-state index in [1.54, 1.807) is 21.3 Å². The minimum Gasteiger partial charge on any atom is -0.496 e. The van der Waals surface area contributed by atoms with Gasteiger partial charge in [-0.1, -0.05) is 12.1 Å². The molecule has 5 nitrogen and oxygen atoms in total. The summed E-state index contributed by atoms with van der Waals surface area (Å²) in [5.74, 6) is 3.58. The van der Waals surface area contributed by atoms with E-state index in [0.717, 1.165) is 37.0 Å². The maximum atomic E-state index is 5.59. The van der Waals surface area contributed by atoms with Crippen LogP contribution in [0.4, 0.5) is 0 Å². The lowest BCUT2D eigenvalue weighted by Gasteiger charge is -2.15. The molecule has 0 unspecified atom stereocenters. The molecule has 26 heavy (non-hydrogen) atoms. The highest BCUT2D eigenvalue weighted by Gasteiger charge is 2.21. The Morgan fingerprint density at radius 2 is 1.42 bits per heavy atom. The number of methoxy groups -OCH3 is 3. The van der Waals surface area contributed by atoms with E-state index in [-0.39, 0.29) is 6.79 Å². The van der Waals surface area contributed by atoms with Crippen molar-refractivity contribution in [2.24, 2.45) is 0 Å². The molecule has 0 fully saturated rings. The van der Waals surface area contributed by atoms with Gasteiger partial charge in [0.25, 0.3) is 0 Å². The van der Waals surface area contributed by atoms with Gasteiger partial charge >= 0.3 is 0 Å². The van der Waals surface area contributed by atoms with Gasteiger partial charge in [-0.15, -0.1) is 0 Å². The van der Waals surface area contributed by atoms with Gasteiger partial charge in [-0.25, -0.2) is 0 Å². The average molecular weight is 464 g/mol. The molecule has 0 bridgehead atoms. The first-order chi connectivity index (χ1) is 12.7. The van der Waals surface area contributed by atoms with Gasteiger partial charge in [0.2, 0.25) is 6.79 Å². The van der Waals surface area contributed by atoms with Crippen molar-refractivity contribution in [1.29, 1.82) is 0 Å². The number of fused-ring (bicyclic) bond motifs is 2. The Hall–Kier alpha value is -2.35. The molecule has 0 aromatic heterocycles. The maximum Gasteiger partial charge on any atom is 0.231 e. The zero-order chi connectivity index (χ0) is 18.3. The summed E-state index contributed by atoms with van der Waals surface area (Å²) < 4.78 is 28.5. The number of hydrogen-bond donors (Lipinski definition) is 0. The second kappa shape index (κ2) is 6.75. The zero-order valence-electron chi connectivity index (χ0n) is 14.6. The van der Waals surface area contributed by atoms with Crippen LogP contribution in [0.1, 0.15) is 0 Å². The van der Waals surface area contributed by atoms with E-state index in [1.807, 2.05) is 24.3 Å². The minimum atomic E-state index is 0.230. The van der Waals surface area contributed by atoms with Crippen molar-refractivity contribution in [3.05, 3.63) is 40.0 Å². The highest BCUT2D eigenvalue weighted by Crippen LogP contribution is 2.45. The first-order valence-corrected chi connectivity index (χ1v) is 9.06. The van der Waals surface area contributed by atoms with Crippen LogP contribution < -0.4 is 23.7 Å². The van der Waals surface area contributed by atoms with Gasteiger partial charge in [0.05, 0.1) is 21.3 Å². The van der Waals surface area contributed by atoms with Crippen molar-refractivity contribution < 1.29 is 23.7 Å². The van der Waals surface area contributed by atoms with Crippen LogP contribution in [-0.4, -0.2) is 28.1 Å². The summed E-state index contributed by atoms with van der Waals surface area (Å²) in [5, 5.41) is 2.16. The van der Waals surface area contributed by atoms with E-state index in [9.17, 15) is 0 Å². The Bertz CT molecular complexity index is 999. The van der Waals surface area contributed by atoms with Gasteiger partial charge in [0.15, 0.2) is 23.0 Å². The number of ether oxygens (including phenoxy) is 5. The predicted molar refractivity (Wildman–Crippen MR) is 108 cm³/mol. The summed E-state index contributed by atoms with van der Waals surface area (Å²) in [5.41, 5.74) is 2.01. The molecule has 1 aliphatic heterocycles. The summed E-state index contributed by atoms with van der Waals surface area (Å²) >= 11 is 2.36. The van der Waals surface area contributed by atoms with E-state index >= 15 is 0 Å². The fourth-order valence-corrected chi connectivity index (χ4v) is 4.06. The molecule has 0 spiro atoms.